The number of aliphatic hydroxyl groups is 1. The average molecular weight is 366 g/mol. The summed E-state index contributed by atoms with van der Waals surface area (Å²) in [6, 6.07) is 16.6. The lowest BCUT2D eigenvalue weighted by molar-refractivity contribution is -0.106. The van der Waals surface area contributed by atoms with E-state index in [-0.39, 0.29) is 0 Å². The van der Waals surface area contributed by atoms with Crippen LogP contribution in [0.15, 0.2) is 48.5 Å². The van der Waals surface area contributed by atoms with Crippen LogP contribution >= 0.6 is 0 Å². The van der Waals surface area contributed by atoms with Gasteiger partial charge in [0.05, 0.1) is 12.7 Å². The van der Waals surface area contributed by atoms with Gasteiger partial charge in [-0.1, -0.05) is 36.4 Å². The number of fused-ring (bicyclic) bond motifs is 3. The van der Waals surface area contributed by atoms with Gasteiger partial charge in [0.1, 0.15) is 5.75 Å². The highest BCUT2D eigenvalue weighted by molar-refractivity contribution is 5.34. The SMILES string of the molecule is COc1cccc(CCC(O)(c2ccccc2C)C2CN3CCC2CC3)c1. The second-order valence-corrected chi connectivity index (χ2v) is 8.34. The summed E-state index contributed by atoms with van der Waals surface area (Å²) in [5.41, 5.74) is 2.76. The van der Waals surface area contributed by atoms with Crippen LogP contribution in [-0.2, 0) is 12.0 Å². The summed E-state index contributed by atoms with van der Waals surface area (Å²) in [6.07, 6.45) is 4.04. The van der Waals surface area contributed by atoms with Gasteiger partial charge in [-0.25, -0.2) is 0 Å². The first-order chi connectivity index (χ1) is 13.1. The number of piperidine rings is 3. The van der Waals surface area contributed by atoms with E-state index in [1.54, 1.807) is 7.11 Å². The fourth-order valence-corrected chi connectivity index (χ4v) is 5.25. The minimum absolute atomic E-state index is 0.312. The second kappa shape index (κ2) is 7.65. The molecule has 0 amide bonds. The maximum absolute atomic E-state index is 12.1. The van der Waals surface area contributed by atoms with Crippen molar-refractivity contribution in [3.8, 4) is 5.75 Å². The number of ether oxygens (including phenoxy) is 1. The van der Waals surface area contributed by atoms with Gasteiger partial charge in [0.15, 0.2) is 0 Å². The van der Waals surface area contributed by atoms with Crippen molar-refractivity contribution in [3.05, 3.63) is 65.2 Å². The van der Waals surface area contributed by atoms with E-state index in [2.05, 4.69) is 48.2 Å². The molecular formula is C24H31NO2. The highest BCUT2D eigenvalue weighted by Crippen LogP contribution is 2.46. The third-order valence-corrected chi connectivity index (χ3v) is 6.81. The molecule has 3 aliphatic heterocycles. The van der Waals surface area contributed by atoms with Gasteiger partial charge in [-0.15, -0.1) is 0 Å². The minimum atomic E-state index is -0.780. The summed E-state index contributed by atoms with van der Waals surface area (Å²) in [5.74, 6) is 1.83. The van der Waals surface area contributed by atoms with E-state index in [0.29, 0.717) is 11.8 Å². The van der Waals surface area contributed by atoms with Crippen LogP contribution in [0.3, 0.4) is 0 Å². The number of nitrogens with zero attached hydrogens (tertiary/aromatic N) is 1. The molecule has 5 rings (SSSR count). The van der Waals surface area contributed by atoms with E-state index < -0.39 is 5.60 Å². The zero-order valence-corrected chi connectivity index (χ0v) is 16.5. The number of methoxy groups -OCH3 is 1. The summed E-state index contributed by atoms with van der Waals surface area (Å²) in [7, 11) is 1.70. The molecular weight excluding hydrogens is 334 g/mol. The maximum Gasteiger partial charge on any atom is 0.119 e. The first kappa shape index (κ1) is 18.5. The standard InChI is InChI=1S/C24H31NO2/c1-18-6-3-4-9-22(18)24(26,23-17-25-14-11-20(23)12-15-25)13-10-19-7-5-8-21(16-19)27-2/h3-9,16,20,23,26H,10-15,17H2,1-2H3. The molecule has 0 radical (unpaired) electrons. The van der Waals surface area contributed by atoms with Gasteiger partial charge >= 0.3 is 0 Å². The van der Waals surface area contributed by atoms with Crippen molar-refractivity contribution in [1.29, 1.82) is 0 Å². The van der Waals surface area contributed by atoms with Crippen molar-refractivity contribution < 1.29 is 9.84 Å². The molecule has 3 saturated heterocycles. The first-order valence-corrected chi connectivity index (χ1v) is 10.2. The summed E-state index contributed by atoms with van der Waals surface area (Å²) < 4.78 is 5.38. The normalized spacial score (nSPS) is 26.6. The van der Waals surface area contributed by atoms with Crippen molar-refractivity contribution in [3.63, 3.8) is 0 Å². The fraction of sp³-hybridized carbons (Fsp3) is 0.500. The molecule has 2 aromatic rings. The molecule has 0 spiro atoms. The molecule has 144 valence electrons. The molecule has 0 aliphatic carbocycles. The summed E-state index contributed by atoms with van der Waals surface area (Å²) >= 11 is 0. The lowest BCUT2D eigenvalue weighted by Crippen LogP contribution is -2.55. The Kier molecular flexibility index (Phi) is 5.25. The van der Waals surface area contributed by atoms with Crippen LogP contribution in [-0.4, -0.2) is 36.8 Å². The second-order valence-electron chi connectivity index (χ2n) is 8.34. The number of benzene rings is 2. The monoisotopic (exact) mass is 365 g/mol. The molecule has 3 nitrogen and oxygen atoms in total. The van der Waals surface area contributed by atoms with Crippen molar-refractivity contribution in [1.82, 2.24) is 4.90 Å². The van der Waals surface area contributed by atoms with Gasteiger partial charge in [0.2, 0.25) is 0 Å². The summed E-state index contributed by atoms with van der Waals surface area (Å²) in [6.45, 7) is 5.54. The van der Waals surface area contributed by atoms with Crippen LogP contribution in [0.2, 0.25) is 0 Å². The minimum Gasteiger partial charge on any atom is -0.497 e. The van der Waals surface area contributed by atoms with E-state index in [1.807, 2.05) is 12.1 Å². The van der Waals surface area contributed by atoms with Gasteiger partial charge in [-0.05, 0) is 80.4 Å². The van der Waals surface area contributed by atoms with Gasteiger partial charge < -0.3 is 14.7 Å². The van der Waals surface area contributed by atoms with Crippen LogP contribution in [0.1, 0.15) is 36.0 Å². The highest BCUT2D eigenvalue weighted by atomic mass is 16.5. The van der Waals surface area contributed by atoms with Gasteiger partial charge in [0.25, 0.3) is 0 Å². The van der Waals surface area contributed by atoms with Crippen LogP contribution in [0.5, 0.6) is 5.75 Å². The molecule has 2 bridgehead atoms. The van der Waals surface area contributed by atoms with Crippen LogP contribution in [0, 0.1) is 18.8 Å². The smallest absolute Gasteiger partial charge is 0.119 e. The van der Waals surface area contributed by atoms with Crippen molar-refractivity contribution in [2.75, 3.05) is 26.7 Å². The quantitative estimate of drug-likeness (QED) is 0.834. The topological polar surface area (TPSA) is 32.7 Å². The Morgan fingerprint density at radius 1 is 1.11 bits per heavy atom. The maximum atomic E-state index is 12.1. The van der Waals surface area contributed by atoms with Gasteiger partial charge in [-0.2, -0.15) is 0 Å². The molecule has 3 aliphatic rings. The van der Waals surface area contributed by atoms with E-state index >= 15 is 0 Å². The predicted octanol–water partition coefficient (Wildman–Crippen LogP) is 4.17. The molecule has 0 aromatic heterocycles. The molecule has 1 N–H and O–H groups in total. The third-order valence-electron chi connectivity index (χ3n) is 6.81. The van der Waals surface area contributed by atoms with Crippen LogP contribution in [0.4, 0.5) is 0 Å². The molecule has 2 unspecified atom stereocenters. The van der Waals surface area contributed by atoms with Crippen molar-refractivity contribution >= 4 is 0 Å². The number of rotatable bonds is 6. The van der Waals surface area contributed by atoms with E-state index in [4.69, 9.17) is 4.74 Å². The molecule has 3 heteroatoms. The Hall–Kier alpha value is -1.84. The third kappa shape index (κ3) is 3.63. The van der Waals surface area contributed by atoms with Crippen LogP contribution in [0.25, 0.3) is 0 Å². The Bertz CT molecular complexity index is 781. The summed E-state index contributed by atoms with van der Waals surface area (Å²) in [5, 5.41) is 12.1. The van der Waals surface area contributed by atoms with Crippen LogP contribution < -0.4 is 4.74 Å². The molecule has 27 heavy (non-hydrogen) atoms. The fourth-order valence-electron chi connectivity index (χ4n) is 5.25. The predicted molar refractivity (Wildman–Crippen MR) is 109 cm³/mol. The molecule has 0 saturated carbocycles. The Labute approximate surface area is 163 Å². The number of hydrogen-bond acceptors (Lipinski definition) is 3. The van der Waals surface area contributed by atoms with Crippen molar-refractivity contribution in [2.45, 2.75) is 38.2 Å². The summed E-state index contributed by atoms with van der Waals surface area (Å²) in [4.78, 5) is 2.54. The first-order valence-electron chi connectivity index (χ1n) is 10.2. The van der Waals surface area contributed by atoms with Gasteiger partial charge in [-0.3, -0.25) is 0 Å². The zero-order chi connectivity index (χ0) is 18.9. The Morgan fingerprint density at radius 2 is 1.89 bits per heavy atom. The molecule has 3 fully saturated rings. The molecule has 2 atom stereocenters. The number of aryl methyl sites for hydroxylation is 2. The van der Waals surface area contributed by atoms with E-state index in [0.717, 1.165) is 30.7 Å². The van der Waals surface area contributed by atoms with Gasteiger partial charge in [0, 0.05) is 12.5 Å². The lowest BCUT2D eigenvalue weighted by Gasteiger charge is -2.51. The van der Waals surface area contributed by atoms with E-state index in [9.17, 15) is 5.11 Å². The van der Waals surface area contributed by atoms with Crippen molar-refractivity contribution in [2.24, 2.45) is 11.8 Å². The zero-order valence-electron chi connectivity index (χ0n) is 16.5. The highest BCUT2D eigenvalue weighted by Gasteiger charge is 2.47. The van der Waals surface area contributed by atoms with E-state index in [1.165, 1.54) is 37.1 Å². The Balaban J connectivity index is 1.65. The average Bonchev–Trinajstić information content (AvgIpc) is 2.73. The largest absolute Gasteiger partial charge is 0.497 e. The molecule has 3 heterocycles. The lowest BCUT2D eigenvalue weighted by atomic mass is 9.65. The number of hydrogen-bond donors (Lipinski definition) is 1. The Morgan fingerprint density at radius 3 is 2.56 bits per heavy atom. The molecule has 2 aromatic carbocycles.